The molecule has 0 N–H and O–H groups in total. The number of benzene rings is 8. The maximum Gasteiger partial charge on any atom is 0.178 e. The summed E-state index contributed by atoms with van der Waals surface area (Å²) >= 11 is 0. The summed E-state index contributed by atoms with van der Waals surface area (Å²) in [6, 6.07) is 52.0. The zero-order valence-corrected chi connectivity index (χ0v) is 23.7. The van der Waals surface area contributed by atoms with Gasteiger partial charge in [0.1, 0.15) is 11.2 Å². The van der Waals surface area contributed by atoms with Crippen molar-refractivity contribution in [3.8, 4) is 22.3 Å². The van der Waals surface area contributed by atoms with Gasteiger partial charge < -0.3 is 8.83 Å². The Kier molecular flexibility index (Phi) is 4.75. The molecule has 10 rings (SSSR count). The van der Waals surface area contributed by atoms with E-state index in [1.54, 1.807) is 0 Å². The van der Waals surface area contributed by atoms with Gasteiger partial charge in [-0.3, -0.25) is 0 Å². The van der Waals surface area contributed by atoms with Crippen molar-refractivity contribution in [2.45, 2.75) is 0 Å². The number of hydrogen-bond donors (Lipinski definition) is 0. The molecule has 0 saturated heterocycles. The quantitative estimate of drug-likeness (QED) is 0.197. The first-order chi connectivity index (χ1) is 21.8. The molecule has 2 aromatic heterocycles. The van der Waals surface area contributed by atoms with Gasteiger partial charge in [0, 0.05) is 27.1 Å². The van der Waals surface area contributed by atoms with Gasteiger partial charge in [-0.25, -0.2) is 0 Å². The van der Waals surface area contributed by atoms with E-state index in [9.17, 15) is 0 Å². The summed E-state index contributed by atoms with van der Waals surface area (Å²) in [7, 11) is 0. The van der Waals surface area contributed by atoms with Crippen LogP contribution in [-0.4, -0.2) is 0 Å². The third kappa shape index (κ3) is 3.25. The fraction of sp³-hybridized carbons (Fsp3) is 0. The van der Waals surface area contributed by atoms with Crippen LogP contribution in [0.4, 0.5) is 0 Å². The predicted molar refractivity (Wildman–Crippen MR) is 184 cm³/mol. The van der Waals surface area contributed by atoms with Gasteiger partial charge in [0.15, 0.2) is 11.2 Å². The minimum absolute atomic E-state index is 0.797. The second-order valence-corrected chi connectivity index (χ2v) is 11.6. The Hall–Kier alpha value is -5.86. The van der Waals surface area contributed by atoms with Crippen molar-refractivity contribution in [1.29, 1.82) is 0 Å². The van der Waals surface area contributed by atoms with E-state index in [1.807, 2.05) is 18.2 Å². The van der Waals surface area contributed by atoms with E-state index in [2.05, 4.69) is 127 Å². The molecule has 2 heteroatoms. The van der Waals surface area contributed by atoms with Crippen LogP contribution in [-0.2, 0) is 0 Å². The molecular formula is C42H24O2. The zero-order chi connectivity index (χ0) is 28.8. The van der Waals surface area contributed by atoms with Crippen molar-refractivity contribution in [2.75, 3.05) is 0 Å². The Morgan fingerprint density at radius 3 is 1.55 bits per heavy atom. The Balaban J connectivity index is 1.17. The number of furan rings is 2. The predicted octanol–water partition coefficient (Wildman–Crippen LogP) is 12.3. The minimum Gasteiger partial charge on any atom is -0.452 e. The highest BCUT2D eigenvalue weighted by Gasteiger charge is 2.18. The maximum absolute atomic E-state index is 6.68. The molecule has 10 aromatic rings. The second-order valence-electron chi connectivity index (χ2n) is 11.6. The van der Waals surface area contributed by atoms with Gasteiger partial charge in [-0.1, -0.05) is 115 Å². The standard InChI is InChI=1S/C42H24O2/c1-2-13-31-29(11-1)30-12-3-4-14-32(30)38-24-26(19-20-33(31)38)25-9-7-10-27(23-25)28-16-8-17-35-37-22-21-36-34-15-5-6-18-39(34)43-41(36)42(37)44-40(28)35/h1-24H. The second kappa shape index (κ2) is 8.82. The minimum atomic E-state index is 0.797. The third-order valence-corrected chi connectivity index (χ3v) is 9.26. The molecule has 204 valence electrons. The van der Waals surface area contributed by atoms with E-state index in [-0.39, 0.29) is 0 Å². The van der Waals surface area contributed by atoms with Gasteiger partial charge in [0.2, 0.25) is 0 Å². The molecule has 2 nitrogen and oxygen atoms in total. The van der Waals surface area contributed by atoms with Crippen LogP contribution >= 0.6 is 0 Å². The summed E-state index contributed by atoms with van der Waals surface area (Å²) in [6.07, 6.45) is 0. The van der Waals surface area contributed by atoms with Crippen molar-refractivity contribution in [3.05, 3.63) is 146 Å². The highest BCUT2D eigenvalue weighted by Crippen LogP contribution is 2.42. The topological polar surface area (TPSA) is 26.3 Å². The van der Waals surface area contributed by atoms with Crippen LogP contribution < -0.4 is 0 Å². The normalized spacial score (nSPS) is 12.1. The lowest BCUT2D eigenvalue weighted by molar-refractivity contribution is 0.634. The molecule has 0 amide bonds. The van der Waals surface area contributed by atoms with Gasteiger partial charge in [-0.2, -0.15) is 0 Å². The van der Waals surface area contributed by atoms with E-state index in [0.717, 1.165) is 55.0 Å². The molecule has 0 aliphatic heterocycles. The lowest BCUT2D eigenvalue weighted by Crippen LogP contribution is -1.86. The van der Waals surface area contributed by atoms with Gasteiger partial charge in [0.05, 0.1) is 0 Å². The van der Waals surface area contributed by atoms with Crippen molar-refractivity contribution in [2.24, 2.45) is 0 Å². The van der Waals surface area contributed by atoms with Gasteiger partial charge in [-0.15, -0.1) is 0 Å². The first kappa shape index (κ1) is 23.7. The lowest BCUT2D eigenvalue weighted by Gasteiger charge is -2.12. The highest BCUT2D eigenvalue weighted by molar-refractivity contribution is 6.26. The van der Waals surface area contributed by atoms with Crippen LogP contribution in [0.15, 0.2) is 154 Å². The molecule has 0 unspecified atom stereocenters. The summed E-state index contributed by atoms with van der Waals surface area (Å²) in [5, 5.41) is 12.0. The average Bonchev–Trinajstić information content (AvgIpc) is 3.67. The largest absolute Gasteiger partial charge is 0.452 e. The smallest absolute Gasteiger partial charge is 0.178 e. The first-order valence-corrected chi connectivity index (χ1v) is 15.0. The van der Waals surface area contributed by atoms with Crippen LogP contribution in [0.1, 0.15) is 0 Å². The van der Waals surface area contributed by atoms with Crippen molar-refractivity contribution in [1.82, 2.24) is 0 Å². The number of para-hydroxylation sites is 2. The van der Waals surface area contributed by atoms with E-state index in [0.29, 0.717) is 0 Å². The molecule has 0 fully saturated rings. The fourth-order valence-electron chi connectivity index (χ4n) is 7.22. The summed E-state index contributed by atoms with van der Waals surface area (Å²) in [6.45, 7) is 0. The first-order valence-electron chi connectivity index (χ1n) is 15.0. The Labute approximate surface area is 252 Å². The van der Waals surface area contributed by atoms with Crippen molar-refractivity contribution < 1.29 is 8.83 Å². The number of rotatable bonds is 2. The Morgan fingerprint density at radius 1 is 0.273 bits per heavy atom. The summed E-state index contributed by atoms with van der Waals surface area (Å²) in [5.74, 6) is 0. The molecule has 0 aliphatic carbocycles. The average molecular weight is 561 g/mol. The molecule has 44 heavy (non-hydrogen) atoms. The molecule has 0 bridgehead atoms. The highest BCUT2D eigenvalue weighted by atomic mass is 16.4. The molecular weight excluding hydrogens is 536 g/mol. The van der Waals surface area contributed by atoms with Crippen LogP contribution in [0, 0.1) is 0 Å². The van der Waals surface area contributed by atoms with E-state index in [4.69, 9.17) is 8.83 Å². The van der Waals surface area contributed by atoms with Crippen LogP contribution in [0.2, 0.25) is 0 Å². The van der Waals surface area contributed by atoms with Crippen LogP contribution in [0.3, 0.4) is 0 Å². The molecule has 0 saturated carbocycles. The van der Waals surface area contributed by atoms with E-state index >= 15 is 0 Å². The molecule has 0 aliphatic rings. The third-order valence-electron chi connectivity index (χ3n) is 9.26. The number of fused-ring (bicyclic) bond motifs is 13. The van der Waals surface area contributed by atoms with E-state index in [1.165, 1.54) is 43.4 Å². The molecule has 8 aromatic carbocycles. The summed E-state index contributed by atoms with van der Waals surface area (Å²) < 4.78 is 13.0. The maximum atomic E-state index is 6.68. The summed E-state index contributed by atoms with van der Waals surface area (Å²) in [4.78, 5) is 0. The molecule has 0 spiro atoms. The zero-order valence-electron chi connectivity index (χ0n) is 23.7. The molecule has 0 atom stereocenters. The monoisotopic (exact) mass is 560 g/mol. The van der Waals surface area contributed by atoms with Crippen LogP contribution in [0.5, 0.6) is 0 Å². The van der Waals surface area contributed by atoms with Gasteiger partial charge in [-0.05, 0) is 79.3 Å². The Morgan fingerprint density at radius 2 is 0.773 bits per heavy atom. The van der Waals surface area contributed by atoms with Crippen molar-refractivity contribution in [3.63, 3.8) is 0 Å². The Bertz CT molecular complexity index is 2740. The molecule has 0 radical (unpaired) electrons. The SMILES string of the molecule is c1cc(-c2ccc3c4ccccc4c4ccccc4c3c2)cc(-c2cccc3c2oc2c3ccc3c4ccccc4oc32)c1. The number of hydrogen-bond acceptors (Lipinski definition) is 2. The van der Waals surface area contributed by atoms with Gasteiger partial charge >= 0.3 is 0 Å². The lowest BCUT2D eigenvalue weighted by atomic mass is 9.91. The molecule has 2 heterocycles. The van der Waals surface area contributed by atoms with E-state index < -0.39 is 0 Å². The van der Waals surface area contributed by atoms with Gasteiger partial charge in [0.25, 0.3) is 0 Å². The summed E-state index contributed by atoms with van der Waals surface area (Å²) in [5.41, 5.74) is 7.91. The fourth-order valence-corrected chi connectivity index (χ4v) is 7.22. The van der Waals surface area contributed by atoms with Crippen LogP contribution in [0.25, 0.3) is 98.4 Å². The van der Waals surface area contributed by atoms with Crippen molar-refractivity contribution >= 4 is 76.2 Å².